The summed E-state index contributed by atoms with van der Waals surface area (Å²) in [7, 11) is 0. The molecule has 36 heavy (non-hydrogen) atoms. The number of aliphatic hydroxyl groups excluding tert-OH is 1. The number of halogens is 2. The van der Waals surface area contributed by atoms with Crippen LogP contribution in [0, 0.1) is 20.8 Å². The lowest BCUT2D eigenvalue weighted by molar-refractivity contribution is 0.0766. The van der Waals surface area contributed by atoms with Crippen LogP contribution in [0.1, 0.15) is 35.7 Å². The van der Waals surface area contributed by atoms with Crippen molar-refractivity contribution in [1.82, 2.24) is 24.2 Å². The summed E-state index contributed by atoms with van der Waals surface area (Å²) in [5.74, 6) is 0. The number of hydrogen-bond acceptors (Lipinski definition) is 4. The molecule has 1 aliphatic heterocycles. The van der Waals surface area contributed by atoms with Crippen molar-refractivity contribution in [2.24, 2.45) is 0 Å². The number of aromatic amines is 1. The molecular formula is C27H31Cl2N5O2. The maximum atomic E-state index is 12.6. The molecule has 2 N–H and O–H groups in total. The third kappa shape index (κ3) is 4.85. The fourth-order valence-corrected chi connectivity index (χ4v) is 5.54. The van der Waals surface area contributed by atoms with Gasteiger partial charge in [-0.05, 0) is 75.1 Å². The minimum atomic E-state index is -0.547. The summed E-state index contributed by atoms with van der Waals surface area (Å²) in [5, 5.41) is 17.1. The van der Waals surface area contributed by atoms with E-state index in [1.165, 1.54) is 0 Å². The number of likely N-dealkylation sites (tertiary alicyclic amines) is 1. The molecule has 0 spiro atoms. The maximum absolute atomic E-state index is 12.6. The highest BCUT2D eigenvalue weighted by Crippen LogP contribution is 2.29. The lowest BCUT2D eigenvalue weighted by Crippen LogP contribution is -2.41. The van der Waals surface area contributed by atoms with Gasteiger partial charge in [-0.1, -0.05) is 29.3 Å². The van der Waals surface area contributed by atoms with Gasteiger partial charge >= 0.3 is 5.69 Å². The van der Waals surface area contributed by atoms with Gasteiger partial charge in [-0.3, -0.25) is 9.25 Å². The number of nitrogens with zero attached hydrogens (tertiary/aromatic N) is 4. The number of aliphatic hydroxyl groups is 1. The molecule has 0 saturated carbocycles. The second kappa shape index (κ2) is 10.1. The van der Waals surface area contributed by atoms with Crippen LogP contribution in [-0.2, 0) is 6.54 Å². The van der Waals surface area contributed by atoms with Crippen LogP contribution in [0.4, 0.5) is 0 Å². The molecule has 190 valence electrons. The van der Waals surface area contributed by atoms with Crippen molar-refractivity contribution in [3.63, 3.8) is 0 Å². The van der Waals surface area contributed by atoms with Gasteiger partial charge in [-0.15, -0.1) is 0 Å². The molecular weight excluding hydrogens is 497 g/mol. The molecule has 1 fully saturated rings. The van der Waals surface area contributed by atoms with Crippen LogP contribution in [0.3, 0.4) is 0 Å². The first kappa shape index (κ1) is 25.1. The van der Waals surface area contributed by atoms with Crippen molar-refractivity contribution in [2.75, 3.05) is 19.6 Å². The quantitative estimate of drug-likeness (QED) is 0.364. The molecule has 7 nitrogen and oxygen atoms in total. The Morgan fingerprint density at radius 3 is 2.56 bits per heavy atom. The van der Waals surface area contributed by atoms with Crippen LogP contribution in [0.2, 0.25) is 10.0 Å². The van der Waals surface area contributed by atoms with Crippen molar-refractivity contribution in [3.05, 3.63) is 73.7 Å². The highest BCUT2D eigenvalue weighted by Gasteiger charge is 2.25. The molecule has 1 unspecified atom stereocenters. The van der Waals surface area contributed by atoms with Crippen LogP contribution >= 0.6 is 23.2 Å². The largest absolute Gasteiger partial charge is 0.390 e. The SMILES string of the molecule is Cc1cc(-c2nn(CC(O)CN3CCC(n4c(=O)[nH]c5ccc(Cl)cc54)CC3)c(C)c2C)ccc1Cl. The van der Waals surface area contributed by atoms with Gasteiger partial charge in [0.25, 0.3) is 0 Å². The van der Waals surface area contributed by atoms with E-state index in [0.717, 1.165) is 70.1 Å². The number of fused-ring (bicyclic) bond motifs is 1. The number of aryl methyl sites for hydroxylation is 1. The highest BCUT2D eigenvalue weighted by molar-refractivity contribution is 6.31. The van der Waals surface area contributed by atoms with Crippen LogP contribution in [-0.4, -0.2) is 55.1 Å². The summed E-state index contributed by atoms with van der Waals surface area (Å²) >= 11 is 12.4. The van der Waals surface area contributed by atoms with E-state index in [1.807, 2.05) is 47.4 Å². The standard InChI is InChI=1S/C27H31Cl2N5O2/c1-16-12-19(4-6-23(16)29)26-17(2)18(3)33(31-26)15-22(35)14-32-10-8-21(9-11-32)34-25-13-20(28)5-7-24(25)30-27(34)36/h4-7,12-13,21-22,35H,8-11,14-15H2,1-3H3,(H,30,36). The number of piperidine rings is 1. The van der Waals surface area contributed by atoms with Gasteiger partial charge in [0.15, 0.2) is 0 Å². The first-order valence-corrected chi connectivity index (χ1v) is 13.1. The Balaban J connectivity index is 1.23. The van der Waals surface area contributed by atoms with Crippen molar-refractivity contribution < 1.29 is 5.11 Å². The number of rotatable bonds is 6. The molecule has 2 aromatic carbocycles. The predicted octanol–water partition coefficient (Wildman–Crippen LogP) is 5.12. The normalized spacial score (nSPS) is 16.2. The second-order valence-electron chi connectivity index (χ2n) is 9.85. The molecule has 0 aliphatic carbocycles. The fourth-order valence-electron chi connectivity index (χ4n) is 5.25. The van der Waals surface area contributed by atoms with E-state index in [0.29, 0.717) is 18.1 Å². The van der Waals surface area contributed by atoms with Crippen LogP contribution in [0.15, 0.2) is 41.2 Å². The first-order chi connectivity index (χ1) is 17.2. The van der Waals surface area contributed by atoms with E-state index in [1.54, 1.807) is 6.07 Å². The average Bonchev–Trinajstić information content (AvgIpc) is 3.31. The number of aromatic nitrogens is 4. The summed E-state index contributed by atoms with van der Waals surface area (Å²) in [5.41, 5.74) is 6.68. The monoisotopic (exact) mass is 527 g/mol. The molecule has 0 radical (unpaired) electrons. The number of imidazole rings is 1. The van der Waals surface area contributed by atoms with Gasteiger partial charge in [-0.2, -0.15) is 5.10 Å². The third-order valence-corrected chi connectivity index (χ3v) is 8.05. The summed E-state index contributed by atoms with van der Waals surface area (Å²) in [6, 6.07) is 11.5. The van der Waals surface area contributed by atoms with Crippen LogP contribution in [0.5, 0.6) is 0 Å². The Morgan fingerprint density at radius 2 is 1.83 bits per heavy atom. The van der Waals surface area contributed by atoms with Gasteiger partial charge in [0.05, 0.1) is 29.4 Å². The zero-order chi connectivity index (χ0) is 25.6. The molecule has 0 bridgehead atoms. The number of β-amino-alcohol motifs (C(OH)–C–C–N with tert-alkyl or cyclic N) is 1. The second-order valence-corrected chi connectivity index (χ2v) is 10.7. The zero-order valence-electron chi connectivity index (χ0n) is 20.8. The van der Waals surface area contributed by atoms with Crippen LogP contribution < -0.4 is 5.69 Å². The minimum Gasteiger partial charge on any atom is -0.390 e. The summed E-state index contributed by atoms with van der Waals surface area (Å²) in [6.07, 6.45) is 1.13. The van der Waals surface area contributed by atoms with Gasteiger partial charge in [0, 0.05) is 47.0 Å². The molecule has 0 amide bonds. The van der Waals surface area contributed by atoms with E-state index in [-0.39, 0.29) is 11.7 Å². The Morgan fingerprint density at radius 1 is 1.08 bits per heavy atom. The lowest BCUT2D eigenvalue weighted by atomic mass is 10.0. The zero-order valence-corrected chi connectivity index (χ0v) is 22.3. The molecule has 3 heterocycles. The van der Waals surface area contributed by atoms with E-state index >= 15 is 0 Å². The molecule has 5 rings (SSSR count). The van der Waals surface area contributed by atoms with Crippen molar-refractivity contribution in [1.29, 1.82) is 0 Å². The first-order valence-electron chi connectivity index (χ1n) is 12.3. The third-order valence-electron chi connectivity index (χ3n) is 7.39. The molecule has 1 aliphatic rings. The molecule has 9 heteroatoms. The van der Waals surface area contributed by atoms with E-state index < -0.39 is 6.10 Å². The summed E-state index contributed by atoms with van der Waals surface area (Å²) in [4.78, 5) is 17.8. The average molecular weight is 528 g/mol. The Labute approximate surface area is 220 Å². The summed E-state index contributed by atoms with van der Waals surface area (Å²) < 4.78 is 3.74. The Hall–Kier alpha value is -2.58. The Bertz CT molecular complexity index is 1460. The van der Waals surface area contributed by atoms with E-state index in [2.05, 4.69) is 22.9 Å². The minimum absolute atomic E-state index is 0.0954. The topological polar surface area (TPSA) is 79.1 Å². The van der Waals surface area contributed by atoms with Gasteiger partial charge in [-0.25, -0.2) is 4.79 Å². The molecule has 4 aromatic rings. The smallest absolute Gasteiger partial charge is 0.326 e. The summed E-state index contributed by atoms with van der Waals surface area (Å²) in [6.45, 7) is 8.71. The maximum Gasteiger partial charge on any atom is 0.326 e. The molecule has 1 saturated heterocycles. The van der Waals surface area contributed by atoms with Gasteiger partial charge < -0.3 is 15.0 Å². The number of H-pyrrole nitrogens is 1. The van der Waals surface area contributed by atoms with Crippen molar-refractivity contribution >= 4 is 34.2 Å². The number of benzene rings is 2. The Kier molecular flexibility index (Phi) is 7.01. The lowest BCUT2D eigenvalue weighted by Gasteiger charge is -2.33. The van der Waals surface area contributed by atoms with Gasteiger partial charge in [0.1, 0.15) is 0 Å². The molecule has 2 aromatic heterocycles. The van der Waals surface area contributed by atoms with Crippen LogP contribution in [0.25, 0.3) is 22.3 Å². The molecule has 1 atom stereocenters. The predicted molar refractivity (Wildman–Crippen MR) is 145 cm³/mol. The van der Waals surface area contributed by atoms with Crippen molar-refractivity contribution in [2.45, 2.75) is 52.3 Å². The fraction of sp³-hybridized carbons (Fsp3) is 0.407. The van der Waals surface area contributed by atoms with E-state index in [4.69, 9.17) is 28.3 Å². The van der Waals surface area contributed by atoms with Gasteiger partial charge in [0.2, 0.25) is 0 Å². The number of hydrogen-bond donors (Lipinski definition) is 2. The van der Waals surface area contributed by atoms with E-state index in [9.17, 15) is 9.90 Å². The highest BCUT2D eigenvalue weighted by atomic mass is 35.5. The number of nitrogens with one attached hydrogen (secondary N) is 1. The van der Waals surface area contributed by atoms with Crippen molar-refractivity contribution in [3.8, 4) is 11.3 Å².